The Hall–Kier alpha value is 0.594. The predicted molar refractivity (Wildman–Crippen MR) is 33.5 cm³/mol. The third-order valence-corrected chi connectivity index (χ3v) is 0.463. The van der Waals surface area contributed by atoms with Crippen LogP contribution in [0.15, 0.2) is 0 Å². The van der Waals surface area contributed by atoms with E-state index in [1.807, 2.05) is 27.7 Å². The van der Waals surface area contributed by atoms with E-state index in [1.54, 1.807) is 0 Å². The third kappa shape index (κ3) is 11.4. The van der Waals surface area contributed by atoms with E-state index in [0.29, 0.717) is 0 Å². The normalized spacial score (nSPS) is 10.2. The fourth-order valence-corrected chi connectivity index (χ4v) is 0.180. The second-order valence-electron chi connectivity index (χ2n) is 2.36. The van der Waals surface area contributed by atoms with Crippen LogP contribution < -0.4 is 0 Å². The summed E-state index contributed by atoms with van der Waals surface area (Å²) in [5, 5.41) is 4.36. The van der Waals surface area contributed by atoms with Crippen LogP contribution >= 0.6 is 0 Å². The van der Waals surface area contributed by atoms with E-state index in [0.717, 1.165) is 0 Å². The van der Waals surface area contributed by atoms with Crippen LogP contribution in [-0.2, 0) is 36.5 Å². The Morgan fingerprint density at radius 1 is 0.800 bits per heavy atom. The van der Waals surface area contributed by atoms with Crippen molar-refractivity contribution in [3.05, 3.63) is 0 Å². The molecule has 0 N–H and O–H groups in total. The quantitative estimate of drug-likeness (QED) is 0.376. The van der Waals surface area contributed by atoms with E-state index < -0.39 is 0 Å². The summed E-state index contributed by atoms with van der Waals surface area (Å²) < 4.78 is 0. The van der Waals surface area contributed by atoms with Crippen LogP contribution in [0.1, 0.15) is 27.7 Å². The molecule has 0 aromatic heterocycles. The van der Waals surface area contributed by atoms with E-state index >= 15 is 0 Å². The van der Waals surface area contributed by atoms with E-state index in [9.17, 15) is 0 Å². The van der Waals surface area contributed by atoms with Gasteiger partial charge in [0.2, 0.25) is 0 Å². The molecule has 4 heteroatoms. The zero-order chi connectivity index (χ0) is 7.28. The average molecular weight is 182 g/mol. The molecule has 0 aliphatic rings. The van der Waals surface area contributed by atoms with Crippen molar-refractivity contribution in [2.24, 2.45) is 0 Å². The molecule has 0 radical (unpaired) electrons. The molecule has 0 rings (SSSR count). The van der Waals surface area contributed by atoms with Gasteiger partial charge in [-0.25, -0.2) is 9.78 Å². The molecule has 0 amide bonds. The summed E-state index contributed by atoms with van der Waals surface area (Å²) in [4.78, 5) is 9.26. The minimum Gasteiger partial charge on any atom is -0.203 e. The monoisotopic (exact) mass is 182 g/mol. The summed E-state index contributed by atoms with van der Waals surface area (Å²) in [7, 11) is 0. The smallest absolute Gasteiger partial charge is 0.0905 e. The summed E-state index contributed by atoms with van der Waals surface area (Å²) in [6.07, 6.45) is 0.0903. The summed E-state index contributed by atoms with van der Waals surface area (Å²) in [6, 6.07) is 0. The van der Waals surface area contributed by atoms with Gasteiger partial charge in [0.25, 0.3) is 0 Å². The first-order valence-corrected chi connectivity index (χ1v) is 3.11. The van der Waals surface area contributed by atoms with Crippen LogP contribution in [0.5, 0.6) is 0 Å². The predicted octanol–water partition coefficient (Wildman–Crippen LogP) is 1.68. The van der Waals surface area contributed by atoms with Crippen molar-refractivity contribution in [1.29, 1.82) is 0 Å². The third-order valence-electron chi connectivity index (χ3n) is 0.463. The number of hydrogen-bond acceptors (Lipinski definition) is 3. The Kier molecular flexibility index (Phi) is 10.2. The Morgan fingerprint density at radius 2 is 1.10 bits per heavy atom. The summed E-state index contributed by atoms with van der Waals surface area (Å²) >= 11 is 0. The maximum Gasteiger partial charge on any atom is 0.0905 e. The zero-order valence-electron chi connectivity index (χ0n) is 6.88. The Labute approximate surface area is 76.8 Å². The first-order valence-electron chi connectivity index (χ1n) is 3.11. The molecule has 0 fully saturated rings. The van der Waals surface area contributed by atoms with Gasteiger partial charge in [-0.3, -0.25) is 0 Å². The van der Waals surface area contributed by atoms with Crippen LogP contribution in [-0.4, -0.2) is 12.2 Å². The first-order chi connectivity index (χ1) is 4.13. The second-order valence-corrected chi connectivity index (χ2v) is 2.36. The van der Waals surface area contributed by atoms with E-state index in [-0.39, 0.29) is 33.9 Å². The summed E-state index contributed by atoms with van der Waals surface area (Å²) in [5.41, 5.74) is 0. The van der Waals surface area contributed by atoms with Gasteiger partial charge in [-0.2, -0.15) is 0 Å². The maximum atomic E-state index is 4.63. The molecule has 0 heterocycles. The summed E-state index contributed by atoms with van der Waals surface area (Å²) in [6.45, 7) is 7.46. The molecule has 0 saturated heterocycles. The number of rotatable bonds is 4. The van der Waals surface area contributed by atoms with Crippen molar-refractivity contribution in [2.45, 2.75) is 39.9 Å². The maximum absolute atomic E-state index is 4.63. The van der Waals surface area contributed by atoms with Crippen molar-refractivity contribution >= 4 is 0 Å². The van der Waals surface area contributed by atoms with Crippen LogP contribution in [0, 0.1) is 0 Å². The standard InChI is InChI=1S/C6H14O3.Ti/c1-5(2)7-9-8-6(3)4;/h5-6H,1-4H3;. The van der Waals surface area contributed by atoms with Gasteiger partial charge in [0.15, 0.2) is 0 Å². The van der Waals surface area contributed by atoms with Crippen molar-refractivity contribution in [2.75, 3.05) is 0 Å². The van der Waals surface area contributed by atoms with Gasteiger partial charge in [-0.1, -0.05) is 5.04 Å². The van der Waals surface area contributed by atoms with Crippen LogP contribution in [0.3, 0.4) is 0 Å². The SMILES string of the molecule is CC(C)OOOC(C)C.[Ti]. The minimum atomic E-state index is 0. The zero-order valence-corrected chi connectivity index (χ0v) is 8.44. The molecule has 60 valence electrons. The molecule has 0 atom stereocenters. The van der Waals surface area contributed by atoms with Gasteiger partial charge in [0.1, 0.15) is 0 Å². The Balaban J connectivity index is 0. The van der Waals surface area contributed by atoms with Gasteiger partial charge in [-0.15, -0.1) is 0 Å². The minimum absolute atomic E-state index is 0. The number of hydrogen-bond donors (Lipinski definition) is 0. The van der Waals surface area contributed by atoms with Crippen molar-refractivity contribution in [3.63, 3.8) is 0 Å². The first kappa shape index (κ1) is 13.2. The van der Waals surface area contributed by atoms with Crippen LogP contribution in [0.4, 0.5) is 0 Å². The Bertz CT molecular complexity index is 58.0. The van der Waals surface area contributed by atoms with Crippen molar-refractivity contribution in [1.82, 2.24) is 0 Å². The molecule has 0 aromatic rings. The molecule has 0 aromatic carbocycles. The topological polar surface area (TPSA) is 27.7 Å². The molecule has 0 bridgehead atoms. The van der Waals surface area contributed by atoms with Gasteiger partial charge >= 0.3 is 0 Å². The molecule has 0 saturated carbocycles. The molecular weight excluding hydrogens is 168 g/mol. The van der Waals surface area contributed by atoms with Crippen LogP contribution in [0.2, 0.25) is 0 Å². The Morgan fingerprint density at radius 3 is 1.30 bits per heavy atom. The summed E-state index contributed by atoms with van der Waals surface area (Å²) in [5.74, 6) is 0. The van der Waals surface area contributed by atoms with Gasteiger partial charge < -0.3 is 0 Å². The van der Waals surface area contributed by atoms with E-state index in [4.69, 9.17) is 0 Å². The van der Waals surface area contributed by atoms with Gasteiger partial charge in [0.05, 0.1) is 12.2 Å². The van der Waals surface area contributed by atoms with Crippen LogP contribution in [0.25, 0.3) is 0 Å². The molecule has 0 unspecified atom stereocenters. The largest absolute Gasteiger partial charge is 0.203 e. The molecule has 0 aliphatic heterocycles. The fourth-order valence-electron chi connectivity index (χ4n) is 0.180. The van der Waals surface area contributed by atoms with Gasteiger partial charge in [0, 0.05) is 21.7 Å². The van der Waals surface area contributed by atoms with Gasteiger partial charge in [-0.05, 0) is 27.7 Å². The molecule has 0 aliphatic carbocycles. The van der Waals surface area contributed by atoms with Crippen molar-refractivity contribution in [3.8, 4) is 0 Å². The van der Waals surface area contributed by atoms with E-state index in [1.165, 1.54) is 0 Å². The molecule has 3 nitrogen and oxygen atoms in total. The molecular formula is C6H14O3Ti. The van der Waals surface area contributed by atoms with Crippen molar-refractivity contribution < 1.29 is 36.5 Å². The average Bonchev–Trinajstić information content (AvgIpc) is 1.63. The van der Waals surface area contributed by atoms with E-state index in [2.05, 4.69) is 14.8 Å². The molecule has 10 heavy (non-hydrogen) atoms. The molecule has 0 spiro atoms. The second kappa shape index (κ2) is 7.70. The fraction of sp³-hybridized carbons (Fsp3) is 1.00.